The van der Waals surface area contributed by atoms with Gasteiger partial charge in [-0.05, 0) is 49.3 Å². The molecule has 2 atom stereocenters. The van der Waals surface area contributed by atoms with Gasteiger partial charge in [0, 0.05) is 35.4 Å². The Morgan fingerprint density at radius 3 is 2.89 bits per heavy atom. The molecular formula is C15H23NOS. The second-order valence-electron chi connectivity index (χ2n) is 5.30. The van der Waals surface area contributed by atoms with Gasteiger partial charge in [-0.3, -0.25) is 4.21 Å². The van der Waals surface area contributed by atoms with E-state index in [9.17, 15) is 4.21 Å². The predicted molar refractivity (Wildman–Crippen MR) is 78.3 cm³/mol. The number of fused-ring (bicyclic) bond motifs is 1. The molecule has 0 saturated heterocycles. The molecule has 1 aromatic carbocycles. The van der Waals surface area contributed by atoms with Crippen LogP contribution in [-0.4, -0.2) is 22.3 Å². The first kappa shape index (κ1) is 13.8. The van der Waals surface area contributed by atoms with Crippen molar-refractivity contribution in [1.82, 2.24) is 5.32 Å². The van der Waals surface area contributed by atoms with Gasteiger partial charge in [0.05, 0.1) is 0 Å². The third-order valence-corrected chi connectivity index (χ3v) is 4.47. The van der Waals surface area contributed by atoms with Crippen LogP contribution >= 0.6 is 0 Å². The summed E-state index contributed by atoms with van der Waals surface area (Å²) in [5, 5.41) is 3.51. The van der Waals surface area contributed by atoms with E-state index in [4.69, 9.17) is 0 Å². The third kappa shape index (κ3) is 3.92. The SMILES string of the molecule is CC(CCS(C)=O)NCc1ccc2c(c1)CCC2. The Bertz CT molecular complexity index is 431. The number of hydrogen-bond donors (Lipinski definition) is 1. The molecule has 0 radical (unpaired) electrons. The van der Waals surface area contributed by atoms with Crippen LogP contribution in [-0.2, 0) is 30.2 Å². The lowest BCUT2D eigenvalue weighted by Crippen LogP contribution is -2.27. The molecule has 18 heavy (non-hydrogen) atoms. The molecule has 3 heteroatoms. The molecule has 0 aromatic heterocycles. The van der Waals surface area contributed by atoms with Gasteiger partial charge in [-0.2, -0.15) is 0 Å². The number of aryl methyl sites for hydroxylation is 2. The first-order valence-corrected chi connectivity index (χ1v) is 8.52. The Kier molecular flexibility index (Phi) is 4.95. The highest BCUT2D eigenvalue weighted by Crippen LogP contribution is 2.22. The Morgan fingerprint density at radius 1 is 1.33 bits per heavy atom. The van der Waals surface area contributed by atoms with Crippen molar-refractivity contribution < 1.29 is 4.21 Å². The van der Waals surface area contributed by atoms with Gasteiger partial charge in [0.25, 0.3) is 0 Å². The molecule has 0 bridgehead atoms. The zero-order valence-electron chi connectivity index (χ0n) is 11.4. The van der Waals surface area contributed by atoms with Gasteiger partial charge in [-0.25, -0.2) is 0 Å². The molecule has 0 amide bonds. The van der Waals surface area contributed by atoms with E-state index in [0.29, 0.717) is 6.04 Å². The van der Waals surface area contributed by atoms with Crippen LogP contribution in [0.3, 0.4) is 0 Å². The molecule has 2 nitrogen and oxygen atoms in total. The molecule has 2 unspecified atom stereocenters. The van der Waals surface area contributed by atoms with Gasteiger partial charge < -0.3 is 5.32 Å². The van der Waals surface area contributed by atoms with Gasteiger partial charge >= 0.3 is 0 Å². The maximum absolute atomic E-state index is 11.0. The minimum Gasteiger partial charge on any atom is -0.310 e. The largest absolute Gasteiger partial charge is 0.310 e. The summed E-state index contributed by atoms with van der Waals surface area (Å²) < 4.78 is 11.0. The zero-order valence-corrected chi connectivity index (χ0v) is 12.2. The Labute approximate surface area is 113 Å². The summed E-state index contributed by atoms with van der Waals surface area (Å²) in [6.07, 6.45) is 6.56. The zero-order chi connectivity index (χ0) is 13.0. The van der Waals surface area contributed by atoms with E-state index < -0.39 is 10.8 Å². The van der Waals surface area contributed by atoms with Crippen LogP contribution in [0.4, 0.5) is 0 Å². The van der Waals surface area contributed by atoms with Gasteiger partial charge in [0.15, 0.2) is 0 Å². The Hall–Kier alpha value is -0.670. The molecule has 2 rings (SSSR count). The van der Waals surface area contributed by atoms with E-state index in [0.717, 1.165) is 18.7 Å². The molecule has 0 heterocycles. The topological polar surface area (TPSA) is 29.1 Å². The normalized spacial score (nSPS) is 17.4. The van der Waals surface area contributed by atoms with E-state index in [-0.39, 0.29) is 0 Å². The summed E-state index contributed by atoms with van der Waals surface area (Å²) in [6, 6.07) is 7.30. The van der Waals surface area contributed by atoms with E-state index in [1.807, 2.05) is 0 Å². The second kappa shape index (κ2) is 6.48. The van der Waals surface area contributed by atoms with Gasteiger partial charge in [0.1, 0.15) is 0 Å². The highest BCUT2D eigenvalue weighted by Gasteiger charge is 2.11. The molecule has 0 aliphatic heterocycles. The van der Waals surface area contributed by atoms with Crippen LogP contribution in [0.15, 0.2) is 18.2 Å². The fourth-order valence-corrected chi connectivity index (χ4v) is 3.16. The van der Waals surface area contributed by atoms with Crippen molar-refractivity contribution in [2.24, 2.45) is 0 Å². The lowest BCUT2D eigenvalue weighted by Gasteiger charge is -2.13. The fourth-order valence-electron chi connectivity index (χ4n) is 2.47. The molecule has 100 valence electrons. The number of rotatable bonds is 6. The number of hydrogen-bond acceptors (Lipinski definition) is 2. The lowest BCUT2D eigenvalue weighted by molar-refractivity contribution is 0.534. The van der Waals surface area contributed by atoms with Gasteiger partial charge in [0.2, 0.25) is 0 Å². The first-order valence-electron chi connectivity index (χ1n) is 6.79. The number of benzene rings is 1. The molecule has 0 fully saturated rings. The average molecular weight is 265 g/mol. The Morgan fingerprint density at radius 2 is 2.11 bits per heavy atom. The molecule has 1 N–H and O–H groups in total. The minimum absolute atomic E-state index is 0.433. The third-order valence-electron chi connectivity index (χ3n) is 3.66. The van der Waals surface area contributed by atoms with Crippen LogP contribution in [0.25, 0.3) is 0 Å². The van der Waals surface area contributed by atoms with Crippen LogP contribution < -0.4 is 5.32 Å². The van der Waals surface area contributed by atoms with Gasteiger partial charge in [-0.1, -0.05) is 18.2 Å². The first-order chi connectivity index (χ1) is 8.65. The highest BCUT2D eigenvalue weighted by molar-refractivity contribution is 7.84. The smallest absolute Gasteiger partial charge is 0.0246 e. The average Bonchev–Trinajstić information content (AvgIpc) is 2.81. The standard InChI is InChI=1S/C15H23NOS/c1-12(8-9-18(2)17)16-11-13-6-7-14-4-3-5-15(14)10-13/h6-7,10,12,16H,3-5,8-9,11H2,1-2H3. The summed E-state index contributed by atoms with van der Waals surface area (Å²) in [6.45, 7) is 3.09. The summed E-state index contributed by atoms with van der Waals surface area (Å²) in [5.74, 6) is 0.790. The number of nitrogens with one attached hydrogen (secondary N) is 1. The quantitative estimate of drug-likeness (QED) is 0.856. The van der Waals surface area contributed by atoms with Crippen LogP contribution in [0.2, 0.25) is 0 Å². The predicted octanol–water partition coefficient (Wildman–Crippen LogP) is 2.42. The van der Waals surface area contributed by atoms with Crippen LogP contribution in [0, 0.1) is 0 Å². The summed E-state index contributed by atoms with van der Waals surface area (Å²) in [7, 11) is -0.674. The minimum atomic E-state index is -0.674. The van der Waals surface area contributed by atoms with Crippen LogP contribution in [0.5, 0.6) is 0 Å². The molecular weight excluding hydrogens is 242 g/mol. The monoisotopic (exact) mass is 265 g/mol. The van der Waals surface area contributed by atoms with Crippen LogP contribution in [0.1, 0.15) is 36.5 Å². The Balaban J connectivity index is 1.81. The molecule has 1 aliphatic rings. The van der Waals surface area contributed by atoms with E-state index in [1.54, 1.807) is 6.26 Å². The van der Waals surface area contributed by atoms with Crippen molar-refractivity contribution in [2.45, 2.75) is 45.2 Å². The molecule has 0 saturated carbocycles. The molecule has 1 aliphatic carbocycles. The summed E-state index contributed by atoms with van der Waals surface area (Å²) >= 11 is 0. The van der Waals surface area contributed by atoms with Crippen molar-refractivity contribution in [3.8, 4) is 0 Å². The maximum atomic E-state index is 11.0. The van der Waals surface area contributed by atoms with Crippen molar-refractivity contribution in [3.05, 3.63) is 34.9 Å². The van der Waals surface area contributed by atoms with Crippen molar-refractivity contribution in [3.63, 3.8) is 0 Å². The maximum Gasteiger partial charge on any atom is 0.0246 e. The van der Waals surface area contributed by atoms with Gasteiger partial charge in [-0.15, -0.1) is 0 Å². The highest BCUT2D eigenvalue weighted by atomic mass is 32.2. The molecule has 0 spiro atoms. The van der Waals surface area contributed by atoms with E-state index >= 15 is 0 Å². The summed E-state index contributed by atoms with van der Waals surface area (Å²) in [5.41, 5.74) is 4.45. The van der Waals surface area contributed by atoms with Crippen molar-refractivity contribution in [2.75, 3.05) is 12.0 Å². The molecule has 1 aromatic rings. The lowest BCUT2D eigenvalue weighted by atomic mass is 10.1. The fraction of sp³-hybridized carbons (Fsp3) is 0.600. The van der Waals surface area contributed by atoms with E-state index in [2.05, 4.69) is 30.4 Å². The summed E-state index contributed by atoms with van der Waals surface area (Å²) in [4.78, 5) is 0. The second-order valence-corrected chi connectivity index (χ2v) is 6.86. The van der Waals surface area contributed by atoms with Crippen molar-refractivity contribution >= 4 is 10.8 Å². The van der Waals surface area contributed by atoms with E-state index in [1.165, 1.54) is 36.0 Å². The van der Waals surface area contributed by atoms with Crippen molar-refractivity contribution in [1.29, 1.82) is 0 Å².